The molecule has 18 heavy (non-hydrogen) atoms. The summed E-state index contributed by atoms with van der Waals surface area (Å²) in [7, 11) is 0. The van der Waals surface area contributed by atoms with Crippen LogP contribution in [0.5, 0.6) is 0 Å². The number of nitrogens with one attached hydrogen (secondary N) is 1. The van der Waals surface area contributed by atoms with Crippen molar-refractivity contribution in [2.24, 2.45) is 5.92 Å². The van der Waals surface area contributed by atoms with Crippen molar-refractivity contribution in [3.63, 3.8) is 0 Å². The summed E-state index contributed by atoms with van der Waals surface area (Å²) < 4.78 is 0. The van der Waals surface area contributed by atoms with Crippen molar-refractivity contribution in [1.82, 2.24) is 14.9 Å². The van der Waals surface area contributed by atoms with Gasteiger partial charge >= 0.3 is 0 Å². The van der Waals surface area contributed by atoms with Crippen LogP contribution in [-0.4, -0.2) is 45.9 Å². The van der Waals surface area contributed by atoms with Crippen molar-refractivity contribution in [3.8, 4) is 0 Å². The van der Waals surface area contributed by atoms with Crippen LogP contribution >= 0.6 is 11.8 Å². The van der Waals surface area contributed by atoms with Crippen LogP contribution in [0.4, 0.5) is 0 Å². The first-order valence-electron chi connectivity index (χ1n) is 6.03. The van der Waals surface area contributed by atoms with E-state index in [-0.39, 0.29) is 17.0 Å². The number of aromatic amines is 1. The number of hydrogen-bond acceptors (Lipinski definition) is 4. The summed E-state index contributed by atoms with van der Waals surface area (Å²) in [5.41, 5.74) is -0.218. The Kier molecular flexibility index (Phi) is 4.41. The third-order valence-corrected chi connectivity index (χ3v) is 3.96. The van der Waals surface area contributed by atoms with Crippen LogP contribution in [0.1, 0.15) is 23.2 Å². The number of aromatic nitrogens is 2. The fourth-order valence-electron chi connectivity index (χ4n) is 2.29. The summed E-state index contributed by atoms with van der Waals surface area (Å²) in [5, 5.41) is 0. The maximum absolute atomic E-state index is 12.2. The van der Waals surface area contributed by atoms with Gasteiger partial charge in [-0.1, -0.05) is 0 Å². The van der Waals surface area contributed by atoms with Crippen molar-refractivity contribution in [3.05, 3.63) is 28.4 Å². The zero-order valence-electron chi connectivity index (χ0n) is 10.4. The van der Waals surface area contributed by atoms with Gasteiger partial charge in [0.05, 0.1) is 6.33 Å². The van der Waals surface area contributed by atoms with Crippen molar-refractivity contribution in [2.75, 3.05) is 25.1 Å². The highest BCUT2D eigenvalue weighted by molar-refractivity contribution is 7.98. The van der Waals surface area contributed by atoms with Crippen molar-refractivity contribution >= 4 is 17.7 Å². The highest BCUT2D eigenvalue weighted by atomic mass is 32.2. The average Bonchev–Trinajstić information content (AvgIpc) is 2.39. The van der Waals surface area contributed by atoms with Gasteiger partial charge in [0.15, 0.2) is 0 Å². The molecule has 0 spiro atoms. The Morgan fingerprint density at radius 3 is 3.22 bits per heavy atom. The largest absolute Gasteiger partial charge is 0.338 e. The van der Waals surface area contributed by atoms with E-state index in [1.165, 1.54) is 12.5 Å². The molecule has 0 saturated carbocycles. The molecule has 1 saturated heterocycles. The van der Waals surface area contributed by atoms with Gasteiger partial charge in [0.2, 0.25) is 0 Å². The number of hydrogen-bond donors (Lipinski definition) is 1. The number of piperidine rings is 1. The van der Waals surface area contributed by atoms with E-state index in [4.69, 9.17) is 0 Å². The third kappa shape index (κ3) is 2.93. The number of nitrogens with zero attached hydrogens (tertiary/aromatic N) is 2. The zero-order chi connectivity index (χ0) is 13.0. The van der Waals surface area contributed by atoms with Crippen molar-refractivity contribution in [1.29, 1.82) is 0 Å². The van der Waals surface area contributed by atoms with Gasteiger partial charge in [-0.05, 0) is 30.8 Å². The molecule has 2 rings (SSSR count). The number of amides is 1. The lowest BCUT2D eigenvalue weighted by Crippen LogP contribution is -2.42. The van der Waals surface area contributed by atoms with Gasteiger partial charge in [0.1, 0.15) is 5.56 Å². The van der Waals surface area contributed by atoms with E-state index in [2.05, 4.69) is 16.2 Å². The smallest absolute Gasteiger partial charge is 0.263 e. The molecule has 1 aromatic rings. The van der Waals surface area contributed by atoms with Gasteiger partial charge in [-0.25, -0.2) is 4.98 Å². The minimum absolute atomic E-state index is 0.141. The van der Waals surface area contributed by atoms with Gasteiger partial charge in [-0.3, -0.25) is 9.59 Å². The van der Waals surface area contributed by atoms with Crippen LogP contribution in [0, 0.1) is 5.92 Å². The normalized spacial score (nSPS) is 19.8. The molecule has 1 aromatic heterocycles. The number of carbonyl (C=O) groups is 1. The summed E-state index contributed by atoms with van der Waals surface area (Å²) in [5.74, 6) is 1.40. The Hall–Kier alpha value is -1.30. The molecule has 1 amide bonds. The lowest BCUT2D eigenvalue weighted by Gasteiger charge is -2.32. The molecule has 98 valence electrons. The molecule has 0 unspecified atom stereocenters. The van der Waals surface area contributed by atoms with Gasteiger partial charge < -0.3 is 9.88 Å². The SMILES string of the molecule is CSC[C@H]1CCCN(C(=O)c2cnc[nH]c2=O)C1. The van der Waals surface area contributed by atoms with Crippen LogP contribution in [-0.2, 0) is 0 Å². The Morgan fingerprint density at radius 1 is 1.67 bits per heavy atom. The summed E-state index contributed by atoms with van der Waals surface area (Å²) in [6.45, 7) is 1.48. The van der Waals surface area contributed by atoms with E-state index >= 15 is 0 Å². The molecule has 0 aliphatic carbocycles. The second-order valence-electron chi connectivity index (χ2n) is 4.51. The minimum atomic E-state index is -0.359. The Labute approximate surface area is 110 Å². The molecule has 1 N–H and O–H groups in total. The molecular weight excluding hydrogens is 250 g/mol. The van der Waals surface area contributed by atoms with Gasteiger partial charge in [0.25, 0.3) is 11.5 Å². The Bertz CT molecular complexity index is 472. The summed E-state index contributed by atoms with van der Waals surface area (Å²) in [6.07, 6.45) is 6.89. The summed E-state index contributed by atoms with van der Waals surface area (Å²) >= 11 is 1.80. The number of thioether (sulfide) groups is 1. The standard InChI is InChI=1S/C12H17N3O2S/c1-18-7-9-3-2-4-15(6-9)12(17)10-5-13-8-14-11(10)16/h5,8-9H,2-4,6-7H2,1H3,(H,13,14,16)/t9-/m0/s1. The molecule has 1 aliphatic rings. The fourth-order valence-corrected chi connectivity index (χ4v) is 3.03. The Morgan fingerprint density at radius 2 is 2.50 bits per heavy atom. The number of H-pyrrole nitrogens is 1. The molecule has 0 radical (unpaired) electrons. The summed E-state index contributed by atoms with van der Waals surface area (Å²) in [4.78, 5) is 31.8. The topological polar surface area (TPSA) is 66.1 Å². The van der Waals surface area contributed by atoms with E-state index in [1.54, 1.807) is 16.7 Å². The predicted octanol–water partition coefficient (Wildman–Crippen LogP) is 0.985. The zero-order valence-corrected chi connectivity index (χ0v) is 11.2. The molecule has 2 heterocycles. The highest BCUT2D eigenvalue weighted by Gasteiger charge is 2.25. The van der Waals surface area contributed by atoms with E-state index in [9.17, 15) is 9.59 Å². The second-order valence-corrected chi connectivity index (χ2v) is 5.42. The van der Waals surface area contributed by atoms with Gasteiger partial charge in [-0.15, -0.1) is 0 Å². The molecular formula is C12H17N3O2S. The number of carbonyl (C=O) groups excluding carboxylic acids is 1. The van der Waals surface area contributed by atoms with Crippen molar-refractivity contribution < 1.29 is 4.79 Å². The van der Waals surface area contributed by atoms with E-state index in [1.807, 2.05) is 0 Å². The van der Waals surface area contributed by atoms with Crippen LogP contribution in [0.15, 0.2) is 17.3 Å². The van der Waals surface area contributed by atoms with E-state index in [0.717, 1.165) is 31.7 Å². The minimum Gasteiger partial charge on any atom is -0.338 e. The monoisotopic (exact) mass is 267 g/mol. The fraction of sp³-hybridized carbons (Fsp3) is 0.583. The lowest BCUT2D eigenvalue weighted by atomic mass is 9.99. The molecule has 5 nitrogen and oxygen atoms in total. The molecule has 6 heteroatoms. The lowest BCUT2D eigenvalue weighted by molar-refractivity contribution is 0.0683. The quantitative estimate of drug-likeness (QED) is 0.886. The predicted molar refractivity (Wildman–Crippen MR) is 71.9 cm³/mol. The highest BCUT2D eigenvalue weighted by Crippen LogP contribution is 2.20. The second kappa shape index (κ2) is 6.04. The summed E-state index contributed by atoms with van der Waals surface area (Å²) in [6, 6.07) is 0. The first-order chi connectivity index (χ1) is 8.72. The van der Waals surface area contributed by atoms with Crippen LogP contribution < -0.4 is 5.56 Å². The van der Waals surface area contributed by atoms with E-state index < -0.39 is 0 Å². The average molecular weight is 267 g/mol. The number of rotatable bonds is 3. The van der Waals surface area contributed by atoms with E-state index in [0.29, 0.717) is 5.92 Å². The van der Waals surface area contributed by atoms with Crippen LogP contribution in [0.25, 0.3) is 0 Å². The molecule has 1 aliphatic heterocycles. The third-order valence-electron chi connectivity index (χ3n) is 3.16. The molecule has 0 bridgehead atoms. The molecule has 1 atom stereocenters. The van der Waals surface area contributed by atoms with Gasteiger partial charge in [-0.2, -0.15) is 11.8 Å². The number of likely N-dealkylation sites (tertiary alicyclic amines) is 1. The molecule has 0 aromatic carbocycles. The Balaban J connectivity index is 2.09. The first kappa shape index (κ1) is 13.1. The molecule has 1 fully saturated rings. The van der Waals surface area contributed by atoms with Crippen molar-refractivity contribution in [2.45, 2.75) is 12.8 Å². The van der Waals surface area contributed by atoms with Gasteiger partial charge in [0, 0.05) is 19.3 Å². The van der Waals surface area contributed by atoms with Crippen LogP contribution in [0.2, 0.25) is 0 Å². The first-order valence-corrected chi connectivity index (χ1v) is 7.42. The van der Waals surface area contributed by atoms with Crippen LogP contribution in [0.3, 0.4) is 0 Å². The maximum Gasteiger partial charge on any atom is 0.263 e. The maximum atomic E-state index is 12.2.